The number of amides is 2. The van der Waals surface area contributed by atoms with Crippen molar-refractivity contribution < 1.29 is 19.1 Å². The number of rotatable bonds is 3. The van der Waals surface area contributed by atoms with E-state index in [1.54, 1.807) is 0 Å². The van der Waals surface area contributed by atoms with Crippen molar-refractivity contribution in [3.05, 3.63) is 12.7 Å². The molecule has 4 unspecified atom stereocenters. The second kappa shape index (κ2) is 5.04. The molecule has 0 spiro atoms. The average Bonchev–Trinajstić information content (AvgIpc) is 2.90. The summed E-state index contributed by atoms with van der Waals surface area (Å²) in [6.07, 6.45) is 6.57. The van der Waals surface area contributed by atoms with Crippen LogP contribution in [0.15, 0.2) is 12.7 Å². The number of ether oxygens (including phenoxy) is 1. The summed E-state index contributed by atoms with van der Waals surface area (Å²) in [4.78, 5) is 36.4. The molecule has 0 N–H and O–H groups in total. The lowest BCUT2D eigenvalue weighted by Gasteiger charge is -2.51. The molecule has 0 aromatic heterocycles. The molecule has 0 radical (unpaired) electrons. The van der Waals surface area contributed by atoms with Gasteiger partial charge < -0.3 is 4.74 Å². The minimum atomic E-state index is -0.637. The summed E-state index contributed by atoms with van der Waals surface area (Å²) in [5, 5.41) is 0. The molecular weight excluding hydrogens is 258 g/mol. The Hall–Kier alpha value is -1.65. The zero-order valence-electron chi connectivity index (χ0n) is 11.4. The van der Waals surface area contributed by atoms with Crippen LogP contribution in [-0.2, 0) is 19.1 Å². The maximum Gasteiger partial charge on any atom is 0.330 e. The molecule has 108 valence electrons. The monoisotopic (exact) mass is 277 g/mol. The maximum absolute atomic E-state index is 12.1. The Bertz CT molecular complexity index is 472. The highest BCUT2D eigenvalue weighted by atomic mass is 16.5. The van der Waals surface area contributed by atoms with Crippen molar-refractivity contribution in [3.8, 4) is 0 Å². The third kappa shape index (κ3) is 2.05. The van der Waals surface area contributed by atoms with E-state index < -0.39 is 11.9 Å². The zero-order valence-corrected chi connectivity index (χ0v) is 11.4. The molecule has 2 aliphatic carbocycles. The van der Waals surface area contributed by atoms with Crippen molar-refractivity contribution in [3.63, 3.8) is 0 Å². The van der Waals surface area contributed by atoms with E-state index in [9.17, 15) is 14.4 Å². The van der Waals surface area contributed by atoms with Crippen LogP contribution < -0.4 is 0 Å². The second-order valence-electron chi connectivity index (χ2n) is 6.01. The van der Waals surface area contributed by atoms with Crippen molar-refractivity contribution in [2.24, 2.45) is 17.8 Å². The van der Waals surface area contributed by atoms with Gasteiger partial charge in [-0.2, -0.15) is 0 Å². The van der Waals surface area contributed by atoms with Gasteiger partial charge in [-0.25, -0.2) is 4.79 Å². The zero-order chi connectivity index (χ0) is 14.3. The number of hydrogen-bond donors (Lipinski definition) is 0. The van der Waals surface area contributed by atoms with Crippen LogP contribution in [0.1, 0.15) is 32.1 Å². The lowest BCUT2D eigenvalue weighted by atomic mass is 9.67. The molecule has 3 fully saturated rings. The number of hydrogen-bond acceptors (Lipinski definition) is 4. The quantitative estimate of drug-likeness (QED) is 0.443. The van der Waals surface area contributed by atoms with Crippen LogP contribution in [0.3, 0.4) is 0 Å². The standard InChI is InChI=1S/C15H19NO4/c1-2-14(18)20-8-13(17)16-12-7-10-5-3-4-9(10)6-11(12)15(16)19/h2,9-12H,1,3-8H2. The Morgan fingerprint density at radius 1 is 1.30 bits per heavy atom. The van der Waals surface area contributed by atoms with Gasteiger partial charge in [-0.05, 0) is 24.7 Å². The molecule has 2 amide bonds. The molecule has 4 atom stereocenters. The molecule has 1 saturated heterocycles. The highest BCUT2D eigenvalue weighted by Crippen LogP contribution is 2.50. The van der Waals surface area contributed by atoms with Crippen molar-refractivity contribution in [1.29, 1.82) is 0 Å². The smallest absolute Gasteiger partial charge is 0.330 e. The molecule has 0 bridgehead atoms. The molecule has 1 aliphatic heterocycles. The van der Waals surface area contributed by atoms with E-state index in [1.807, 2.05) is 0 Å². The topological polar surface area (TPSA) is 63.7 Å². The summed E-state index contributed by atoms with van der Waals surface area (Å²) in [5.41, 5.74) is 0. The number of fused-ring (bicyclic) bond motifs is 2. The number of imide groups is 1. The number of β-lactam (4-membered cyclic amide) rings is 1. The van der Waals surface area contributed by atoms with E-state index >= 15 is 0 Å². The lowest BCUT2D eigenvalue weighted by Crippen LogP contribution is -2.66. The van der Waals surface area contributed by atoms with Crippen LogP contribution in [0.25, 0.3) is 0 Å². The van der Waals surface area contributed by atoms with Gasteiger partial charge in [0.15, 0.2) is 6.61 Å². The average molecular weight is 277 g/mol. The van der Waals surface area contributed by atoms with Gasteiger partial charge in [0.05, 0.1) is 12.0 Å². The largest absolute Gasteiger partial charge is 0.452 e. The molecule has 3 aliphatic rings. The molecule has 0 aromatic carbocycles. The highest BCUT2D eigenvalue weighted by molar-refractivity contribution is 6.03. The first-order valence-electron chi connectivity index (χ1n) is 7.27. The first-order chi connectivity index (χ1) is 9.61. The van der Waals surface area contributed by atoms with Crippen LogP contribution in [0.2, 0.25) is 0 Å². The van der Waals surface area contributed by atoms with Gasteiger partial charge in [-0.1, -0.05) is 25.8 Å². The SMILES string of the molecule is C=CC(=O)OCC(=O)N1C(=O)C2CC3CCCC3CC21. The maximum atomic E-state index is 12.1. The van der Waals surface area contributed by atoms with Crippen LogP contribution in [0.5, 0.6) is 0 Å². The van der Waals surface area contributed by atoms with Gasteiger partial charge in [0.2, 0.25) is 5.91 Å². The van der Waals surface area contributed by atoms with Crippen LogP contribution >= 0.6 is 0 Å². The van der Waals surface area contributed by atoms with E-state index in [1.165, 1.54) is 24.2 Å². The summed E-state index contributed by atoms with van der Waals surface area (Å²) < 4.78 is 4.72. The Labute approximate surface area is 117 Å². The molecule has 0 aromatic rings. The molecular formula is C15H19NO4. The van der Waals surface area contributed by atoms with E-state index in [0.29, 0.717) is 11.8 Å². The van der Waals surface area contributed by atoms with Crippen LogP contribution in [0, 0.1) is 17.8 Å². The van der Waals surface area contributed by atoms with E-state index in [4.69, 9.17) is 4.74 Å². The van der Waals surface area contributed by atoms with Gasteiger partial charge in [-0.3, -0.25) is 14.5 Å². The predicted octanol–water partition coefficient (Wildman–Crippen LogP) is 1.28. The summed E-state index contributed by atoms with van der Waals surface area (Å²) in [7, 11) is 0. The van der Waals surface area contributed by atoms with Gasteiger partial charge in [0.25, 0.3) is 5.91 Å². The third-order valence-electron chi connectivity index (χ3n) is 5.04. The predicted molar refractivity (Wildman–Crippen MR) is 70.4 cm³/mol. The molecule has 1 heterocycles. The lowest BCUT2D eigenvalue weighted by molar-refractivity contribution is -0.175. The van der Waals surface area contributed by atoms with Crippen molar-refractivity contribution in [1.82, 2.24) is 4.90 Å². The van der Waals surface area contributed by atoms with E-state index in [2.05, 4.69) is 6.58 Å². The first-order valence-corrected chi connectivity index (χ1v) is 7.27. The summed E-state index contributed by atoms with van der Waals surface area (Å²) in [6.45, 7) is 2.90. The highest BCUT2D eigenvalue weighted by Gasteiger charge is 2.55. The van der Waals surface area contributed by atoms with Gasteiger partial charge in [0, 0.05) is 6.08 Å². The molecule has 20 heavy (non-hydrogen) atoms. The number of likely N-dealkylation sites (tertiary alicyclic amines) is 1. The fourth-order valence-corrected chi connectivity index (χ4v) is 4.07. The number of carbonyl (C=O) groups is 3. The number of carbonyl (C=O) groups excluding carboxylic acids is 3. The van der Waals surface area contributed by atoms with E-state index in [-0.39, 0.29) is 24.5 Å². The molecule has 3 rings (SSSR count). The fourth-order valence-electron chi connectivity index (χ4n) is 4.07. The number of esters is 1. The van der Waals surface area contributed by atoms with Crippen molar-refractivity contribution >= 4 is 17.8 Å². The Kier molecular flexibility index (Phi) is 3.36. The molecule has 5 nitrogen and oxygen atoms in total. The Balaban J connectivity index is 1.61. The number of nitrogens with zero attached hydrogens (tertiary/aromatic N) is 1. The Morgan fingerprint density at radius 3 is 2.70 bits per heavy atom. The summed E-state index contributed by atoms with van der Waals surface area (Å²) >= 11 is 0. The summed E-state index contributed by atoms with van der Waals surface area (Å²) in [5.74, 6) is 0.241. The first kappa shape index (κ1) is 13.3. The molecule has 5 heteroatoms. The third-order valence-corrected chi connectivity index (χ3v) is 5.04. The normalized spacial score (nSPS) is 34.8. The van der Waals surface area contributed by atoms with Gasteiger partial charge >= 0.3 is 5.97 Å². The van der Waals surface area contributed by atoms with Gasteiger partial charge in [0.1, 0.15) is 0 Å². The minimum Gasteiger partial charge on any atom is -0.452 e. The van der Waals surface area contributed by atoms with Gasteiger partial charge in [-0.15, -0.1) is 0 Å². The van der Waals surface area contributed by atoms with Crippen LogP contribution in [-0.4, -0.2) is 35.3 Å². The van der Waals surface area contributed by atoms with Crippen molar-refractivity contribution in [2.45, 2.75) is 38.1 Å². The Morgan fingerprint density at radius 2 is 2.00 bits per heavy atom. The fraction of sp³-hybridized carbons (Fsp3) is 0.667. The van der Waals surface area contributed by atoms with Crippen molar-refractivity contribution in [2.75, 3.05) is 6.61 Å². The second-order valence-corrected chi connectivity index (χ2v) is 6.01. The van der Waals surface area contributed by atoms with Crippen LogP contribution in [0.4, 0.5) is 0 Å². The van der Waals surface area contributed by atoms with E-state index in [0.717, 1.165) is 18.9 Å². The summed E-state index contributed by atoms with van der Waals surface area (Å²) in [6, 6.07) is 0.0387. The minimum absolute atomic E-state index is 0.0217. The molecule has 2 saturated carbocycles.